The predicted molar refractivity (Wildman–Crippen MR) is 85.1 cm³/mol. The van der Waals surface area contributed by atoms with Gasteiger partial charge in [-0.15, -0.1) is 0 Å². The maximum absolute atomic E-state index is 13.0. The molecule has 2 aliphatic heterocycles. The topological polar surface area (TPSA) is 71.0 Å². The monoisotopic (exact) mass is 355 g/mol. The maximum Gasteiger partial charge on any atom is 0.269 e. The van der Waals surface area contributed by atoms with Gasteiger partial charge in [-0.1, -0.05) is 5.16 Å². The minimum atomic E-state index is -2.68. The third-order valence-electron chi connectivity index (χ3n) is 5.97. The number of nitrogens with one attached hydrogen (secondary N) is 1. The molecule has 0 radical (unpaired) electrons. The Labute approximate surface area is 144 Å². The van der Waals surface area contributed by atoms with Crippen LogP contribution < -0.4 is 5.32 Å². The normalized spacial score (nSPS) is 27.9. The van der Waals surface area contributed by atoms with Crippen molar-refractivity contribution in [2.75, 3.05) is 13.1 Å². The fraction of sp³-hybridized carbons (Fsp3) is 0.824. The van der Waals surface area contributed by atoms with Gasteiger partial charge in [0.05, 0.1) is 0 Å². The third-order valence-corrected chi connectivity index (χ3v) is 5.97. The van der Waals surface area contributed by atoms with Crippen molar-refractivity contribution in [3.05, 3.63) is 0 Å². The number of hydrogen-bond donors (Lipinski definition) is 1. The molecule has 0 unspecified atom stereocenters. The van der Waals surface area contributed by atoms with Gasteiger partial charge in [-0.2, -0.15) is 0 Å². The summed E-state index contributed by atoms with van der Waals surface area (Å²) in [7, 11) is 0. The minimum Gasteiger partial charge on any atom is -0.388 e. The summed E-state index contributed by atoms with van der Waals surface area (Å²) in [4.78, 5) is 31.7. The van der Waals surface area contributed by atoms with Crippen molar-refractivity contribution in [2.24, 2.45) is 11.1 Å². The van der Waals surface area contributed by atoms with Crippen LogP contribution in [0.2, 0.25) is 0 Å². The second kappa shape index (κ2) is 5.92. The van der Waals surface area contributed by atoms with Crippen LogP contribution in [0.4, 0.5) is 8.78 Å². The first-order chi connectivity index (χ1) is 11.9. The molecule has 3 fully saturated rings. The highest BCUT2D eigenvalue weighted by molar-refractivity contribution is 6.39. The molecule has 2 aliphatic carbocycles. The lowest BCUT2D eigenvalue weighted by Gasteiger charge is -2.41. The number of rotatable bonds is 3. The number of oxime groups is 1. The Bertz CT molecular complexity index is 602. The molecule has 2 saturated carbocycles. The molecule has 1 saturated heterocycles. The van der Waals surface area contributed by atoms with Gasteiger partial charge in [0.1, 0.15) is 11.3 Å². The van der Waals surface area contributed by atoms with Gasteiger partial charge in [-0.05, 0) is 19.3 Å². The zero-order valence-corrected chi connectivity index (χ0v) is 14.1. The molecule has 4 aliphatic rings. The number of carbonyl (C=O) groups excluding carboxylic acids is 2. The van der Waals surface area contributed by atoms with Crippen molar-refractivity contribution in [2.45, 2.75) is 68.9 Å². The van der Waals surface area contributed by atoms with E-state index in [9.17, 15) is 18.4 Å². The molecule has 8 heteroatoms. The number of halogens is 2. The maximum atomic E-state index is 13.0. The average Bonchev–Trinajstić information content (AvgIpc) is 2.92. The highest BCUT2D eigenvalue weighted by atomic mass is 19.3. The number of likely N-dealkylation sites (tertiary alicyclic amines) is 1. The summed E-state index contributed by atoms with van der Waals surface area (Å²) in [5.41, 5.74) is -0.0996. The Kier molecular flexibility index (Phi) is 3.96. The molecular formula is C17H23F2N3O3. The molecule has 0 aromatic rings. The Morgan fingerprint density at radius 1 is 1.20 bits per heavy atom. The van der Waals surface area contributed by atoms with Crippen LogP contribution in [0.15, 0.2) is 5.16 Å². The van der Waals surface area contributed by atoms with E-state index in [-0.39, 0.29) is 30.7 Å². The summed E-state index contributed by atoms with van der Waals surface area (Å²) < 4.78 is 25.9. The molecule has 4 rings (SSSR count). The van der Waals surface area contributed by atoms with E-state index in [1.165, 1.54) is 0 Å². The van der Waals surface area contributed by atoms with Crippen LogP contribution in [0.5, 0.6) is 0 Å². The first-order valence-electron chi connectivity index (χ1n) is 9.08. The van der Waals surface area contributed by atoms with Crippen LogP contribution in [-0.4, -0.2) is 53.1 Å². The third kappa shape index (κ3) is 3.22. The first-order valence-corrected chi connectivity index (χ1v) is 9.08. The molecule has 6 nitrogen and oxygen atoms in total. The summed E-state index contributed by atoms with van der Waals surface area (Å²) in [6.07, 6.45) is 4.11. The van der Waals surface area contributed by atoms with E-state index < -0.39 is 17.4 Å². The largest absolute Gasteiger partial charge is 0.388 e. The van der Waals surface area contributed by atoms with Gasteiger partial charge in [-0.3, -0.25) is 9.59 Å². The number of alkyl halides is 2. The zero-order valence-electron chi connectivity index (χ0n) is 14.1. The van der Waals surface area contributed by atoms with Gasteiger partial charge in [0.15, 0.2) is 0 Å². The Hall–Kier alpha value is -1.73. The van der Waals surface area contributed by atoms with Crippen LogP contribution >= 0.6 is 0 Å². The zero-order chi connectivity index (χ0) is 17.7. The van der Waals surface area contributed by atoms with Crippen LogP contribution in [0.25, 0.3) is 0 Å². The predicted octanol–water partition coefficient (Wildman–Crippen LogP) is 1.84. The fourth-order valence-corrected chi connectivity index (χ4v) is 3.96. The van der Waals surface area contributed by atoms with Crippen LogP contribution in [0.1, 0.15) is 51.4 Å². The summed E-state index contributed by atoms with van der Waals surface area (Å²) in [6, 6.07) is 0.256. The van der Waals surface area contributed by atoms with E-state index in [0.29, 0.717) is 38.1 Å². The molecule has 1 spiro atoms. The van der Waals surface area contributed by atoms with E-state index in [4.69, 9.17) is 4.84 Å². The van der Waals surface area contributed by atoms with Crippen molar-refractivity contribution in [1.82, 2.24) is 10.2 Å². The number of hydrogen-bond acceptors (Lipinski definition) is 4. The standard InChI is InChI=1S/C17H23F2N3O3/c18-17(19)8-11(9-17)15(24)22-6-4-16(5-7-22)10-13(21-25-16)14(23)20-12-2-1-3-12/h11-12H,1-10H2,(H,20,23). The van der Waals surface area contributed by atoms with Crippen molar-refractivity contribution < 1.29 is 23.2 Å². The molecule has 2 amide bonds. The van der Waals surface area contributed by atoms with Crippen molar-refractivity contribution in [3.63, 3.8) is 0 Å². The Balaban J connectivity index is 1.26. The lowest BCUT2D eigenvalue weighted by Crippen LogP contribution is -2.52. The molecule has 0 aromatic carbocycles. The van der Waals surface area contributed by atoms with Gasteiger partial charge in [-0.25, -0.2) is 8.78 Å². The second-order valence-corrected chi connectivity index (χ2v) is 7.88. The molecule has 0 atom stereocenters. The fourth-order valence-electron chi connectivity index (χ4n) is 3.96. The second-order valence-electron chi connectivity index (χ2n) is 7.88. The SMILES string of the molecule is O=C(NC1CCC1)C1=NOC2(CCN(C(=O)C3CC(F)(F)C3)CC2)C1. The van der Waals surface area contributed by atoms with E-state index >= 15 is 0 Å². The van der Waals surface area contributed by atoms with Gasteiger partial charge < -0.3 is 15.1 Å². The van der Waals surface area contributed by atoms with Crippen molar-refractivity contribution in [1.29, 1.82) is 0 Å². The van der Waals surface area contributed by atoms with E-state index in [1.54, 1.807) is 4.90 Å². The lowest BCUT2D eigenvalue weighted by molar-refractivity contribution is -0.163. The van der Waals surface area contributed by atoms with Crippen molar-refractivity contribution >= 4 is 17.5 Å². The summed E-state index contributed by atoms with van der Waals surface area (Å²) >= 11 is 0. The highest BCUT2D eigenvalue weighted by Crippen LogP contribution is 2.44. The average molecular weight is 355 g/mol. The molecule has 1 N–H and O–H groups in total. The quantitative estimate of drug-likeness (QED) is 0.840. The minimum absolute atomic E-state index is 0.156. The first kappa shape index (κ1) is 16.7. The molecular weight excluding hydrogens is 332 g/mol. The van der Waals surface area contributed by atoms with E-state index in [2.05, 4.69) is 10.5 Å². The van der Waals surface area contributed by atoms with Crippen molar-refractivity contribution in [3.8, 4) is 0 Å². The molecule has 0 aromatic heterocycles. The highest BCUT2D eigenvalue weighted by Gasteiger charge is 2.51. The number of carbonyl (C=O) groups is 2. The van der Waals surface area contributed by atoms with Gasteiger partial charge in [0.2, 0.25) is 11.8 Å². The Morgan fingerprint density at radius 2 is 1.88 bits per heavy atom. The van der Waals surface area contributed by atoms with Gasteiger partial charge >= 0.3 is 0 Å². The molecule has 25 heavy (non-hydrogen) atoms. The van der Waals surface area contributed by atoms with E-state index in [1.807, 2.05) is 0 Å². The number of amides is 2. The summed E-state index contributed by atoms with van der Waals surface area (Å²) in [6.45, 7) is 0.932. The smallest absolute Gasteiger partial charge is 0.269 e. The molecule has 0 bridgehead atoms. The van der Waals surface area contributed by atoms with Crippen LogP contribution in [0, 0.1) is 5.92 Å². The number of nitrogens with zero attached hydrogens (tertiary/aromatic N) is 2. The molecule has 2 heterocycles. The number of piperidine rings is 1. The Morgan fingerprint density at radius 3 is 2.44 bits per heavy atom. The summed E-state index contributed by atoms with van der Waals surface area (Å²) in [5, 5.41) is 6.94. The van der Waals surface area contributed by atoms with Crippen LogP contribution in [-0.2, 0) is 14.4 Å². The van der Waals surface area contributed by atoms with Gasteiger partial charge in [0.25, 0.3) is 5.91 Å². The van der Waals surface area contributed by atoms with E-state index in [0.717, 1.165) is 19.3 Å². The van der Waals surface area contributed by atoms with Gasteiger partial charge in [0, 0.05) is 57.2 Å². The molecule has 138 valence electrons. The lowest BCUT2D eigenvalue weighted by atomic mass is 9.79. The van der Waals surface area contributed by atoms with Crippen LogP contribution in [0.3, 0.4) is 0 Å². The summed E-state index contributed by atoms with van der Waals surface area (Å²) in [5.74, 6) is -3.56.